The van der Waals surface area contributed by atoms with Gasteiger partial charge in [-0.2, -0.15) is 0 Å². The number of anilines is 3. The topological polar surface area (TPSA) is 162 Å². The molecule has 1 heterocycles. The number of non-ortho nitro benzene ring substituents is 1. The van der Waals surface area contributed by atoms with Gasteiger partial charge in [-0.3, -0.25) is 14.9 Å². The summed E-state index contributed by atoms with van der Waals surface area (Å²) in [5, 5.41) is 25.7. The Morgan fingerprint density at radius 1 is 1.08 bits per heavy atom. The number of hydrogen-bond donors (Lipinski definition) is 3. The number of ether oxygens (including phenoxy) is 4. The van der Waals surface area contributed by atoms with E-state index in [2.05, 4.69) is 15.5 Å². The van der Waals surface area contributed by atoms with Crippen LogP contribution in [0, 0.1) is 10.1 Å². The standard InChI is InChI=1S/C25H32N4O9/c1-3-36-22-15-21(28-8-11-35-12-9-28)23(37-4-2)14-20(22)27-24(31)16-38-25(32)18-13-17(29(33)34)5-6-19(18)26-7-10-30/h5-6,13-15,26,30H,3-4,7-12,16H2,1-2H3,(H,27,31). The first-order valence-electron chi connectivity index (χ1n) is 12.2. The van der Waals surface area contributed by atoms with E-state index >= 15 is 0 Å². The molecule has 0 atom stereocenters. The number of carbonyl (C=O) groups is 2. The normalized spacial score (nSPS) is 13.0. The lowest BCUT2D eigenvalue weighted by Gasteiger charge is -2.31. The number of benzene rings is 2. The van der Waals surface area contributed by atoms with Gasteiger partial charge in [0.25, 0.3) is 11.6 Å². The summed E-state index contributed by atoms with van der Waals surface area (Å²) in [6.45, 7) is 6.21. The van der Waals surface area contributed by atoms with Crippen LogP contribution in [0.3, 0.4) is 0 Å². The van der Waals surface area contributed by atoms with E-state index in [0.717, 1.165) is 11.8 Å². The van der Waals surface area contributed by atoms with Crippen LogP contribution in [-0.4, -0.2) is 81.2 Å². The van der Waals surface area contributed by atoms with Crippen LogP contribution >= 0.6 is 0 Å². The molecule has 1 amide bonds. The van der Waals surface area contributed by atoms with E-state index in [0.29, 0.717) is 56.7 Å². The molecule has 3 rings (SSSR count). The van der Waals surface area contributed by atoms with Crippen LogP contribution in [-0.2, 0) is 14.3 Å². The number of nitro groups is 1. The predicted molar refractivity (Wildman–Crippen MR) is 139 cm³/mol. The van der Waals surface area contributed by atoms with Crippen LogP contribution in [0.1, 0.15) is 24.2 Å². The molecule has 0 aliphatic carbocycles. The zero-order valence-electron chi connectivity index (χ0n) is 21.4. The second-order valence-corrected chi connectivity index (χ2v) is 8.04. The summed E-state index contributed by atoms with van der Waals surface area (Å²) in [5.41, 5.74) is 0.935. The molecule has 3 N–H and O–H groups in total. The van der Waals surface area contributed by atoms with Crippen LogP contribution in [0.4, 0.5) is 22.7 Å². The quantitative estimate of drug-likeness (QED) is 0.197. The maximum absolute atomic E-state index is 12.7. The van der Waals surface area contributed by atoms with Gasteiger partial charge in [0.2, 0.25) is 0 Å². The van der Waals surface area contributed by atoms with Crippen molar-refractivity contribution in [2.24, 2.45) is 0 Å². The van der Waals surface area contributed by atoms with Crippen LogP contribution in [0.5, 0.6) is 11.5 Å². The van der Waals surface area contributed by atoms with E-state index in [-0.39, 0.29) is 30.1 Å². The van der Waals surface area contributed by atoms with Crippen LogP contribution in [0.15, 0.2) is 30.3 Å². The molecule has 1 fully saturated rings. The van der Waals surface area contributed by atoms with Gasteiger partial charge in [0.05, 0.1) is 54.9 Å². The van der Waals surface area contributed by atoms with Crippen molar-refractivity contribution in [3.05, 3.63) is 46.0 Å². The van der Waals surface area contributed by atoms with Crippen molar-refractivity contribution in [1.29, 1.82) is 0 Å². The fourth-order valence-electron chi connectivity index (χ4n) is 3.80. The fourth-order valence-corrected chi connectivity index (χ4v) is 3.80. The molecular formula is C25H32N4O9. The smallest absolute Gasteiger partial charge is 0.341 e. The summed E-state index contributed by atoms with van der Waals surface area (Å²) in [5.74, 6) is -0.601. The van der Waals surface area contributed by atoms with Gasteiger partial charge in [-0.1, -0.05) is 0 Å². The van der Waals surface area contributed by atoms with Crippen molar-refractivity contribution in [3.8, 4) is 11.5 Å². The number of carbonyl (C=O) groups excluding carboxylic acids is 2. The second-order valence-electron chi connectivity index (χ2n) is 8.04. The maximum atomic E-state index is 12.7. The van der Waals surface area contributed by atoms with Crippen molar-refractivity contribution >= 4 is 34.6 Å². The summed E-state index contributed by atoms with van der Waals surface area (Å²) in [6, 6.07) is 7.06. The average Bonchev–Trinajstić information content (AvgIpc) is 2.92. The Kier molecular flexibility index (Phi) is 10.5. The minimum absolute atomic E-state index is 0.112. The monoisotopic (exact) mass is 532 g/mol. The summed E-state index contributed by atoms with van der Waals surface area (Å²) in [6.07, 6.45) is 0. The van der Waals surface area contributed by atoms with Gasteiger partial charge >= 0.3 is 5.97 Å². The van der Waals surface area contributed by atoms with Gasteiger partial charge in [0.15, 0.2) is 6.61 Å². The molecule has 1 aliphatic heterocycles. The molecule has 13 nitrogen and oxygen atoms in total. The first-order chi connectivity index (χ1) is 18.4. The molecule has 206 valence electrons. The Morgan fingerprint density at radius 3 is 2.45 bits per heavy atom. The molecule has 2 aromatic carbocycles. The maximum Gasteiger partial charge on any atom is 0.341 e. The third-order valence-electron chi connectivity index (χ3n) is 5.48. The van der Waals surface area contributed by atoms with Crippen LogP contribution in [0.25, 0.3) is 0 Å². The number of nitrogens with one attached hydrogen (secondary N) is 2. The third kappa shape index (κ3) is 7.46. The largest absolute Gasteiger partial charge is 0.492 e. The first-order valence-corrected chi connectivity index (χ1v) is 12.2. The van der Waals surface area contributed by atoms with Crippen LogP contribution in [0.2, 0.25) is 0 Å². The van der Waals surface area contributed by atoms with Gasteiger partial charge in [0.1, 0.15) is 11.5 Å². The third-order valence-corrected chi connectivity index (χ3v) is 5.48. The molecule has 0 spiro atoms. The lowest BCUT2D eigenvalue weighted by molar-refractivity contribution is -0.384. The second kappa shape index (κ2) is 14.0. The lowest BCUT2D eigenvalue weighted by atomic mass is 10.1. The highest BCUT2D eigenvalue weighted by molar-refractivity contribution is 5.99. The molecule has 1 saturated heterocycles. The Hall–Kier alpha value is -4.10. The van der Waals surface area contributed by atoms with E-state index < -0.39 is 23.4 Å². The number of rotatable bonds is 13. The van der Waals surface area contributed by atoms with E-state index in [4.69, 9.17) is 24.1 Å². The molecule has 2 aromatic rings. The lowest BCUT2D eigenvalue weighted by Crippen LogP contribution is -2.36. The number of nitro benzene ring substituents is 1. The molecule has 0 aromatic heterocycles. The van der Waals surface area contributed by atoms with E-state index in [9.17, 15) is 19.7 Å². The Balaban J connectivity index is 1.76. The minimum atomic E-state index is -0.938. The van der Waals surface area contributed by atoms with E-state index in [1.807, 2.05) is 13.8 Å². The van der Waals surface area contributed by atoms with Gasteiger partial charge in [-0.05, 0) is 19.9 Å². The number of morpholine rings is 1. The van der Waals surface area contributed by atoms with Gasteiger partial charge in [-0.15, -0.1) is 0 Å². The van der Waals surface area contributed by atoms with E-state index in [1.165, 1.54) is 12.1 Å². The van der Waals surface area contributed by atoms with Crippen molar-refractivity contribution in [2.75, 3.05) is 74.8 Å². The summed E-state index contributed by atoms with van der Waals surface area (Å²) in [7, 11) is 0. The predicted octanol–water partition coefficient (Wildman–Crippen LogP) is 2.43. The Bertz CT molecular complexity index is 1140. The SMILES string of the molecule is CCOc1cc(N2CCOCC2)c(OCC)cc1NC(=O)COC(=O)c1cc([N+](=O)[O-])ccc1NCCO. The molecule has 0 saturated carbocycles. The highest BCUT2D eigenvalue weighted by Gasteiger charge is 2.22. The highest BCUT2D eigenvalue weighted by Crippen LogP contribution is 2.39. The fraction of sp³-hybridized carbons (Fsp3) is 0.440. The number of amides is 1. The summed E-state index contributed by atoms with van der Waals surface area (Å²) < 4.78 is 22.2. The summed E-state index contributed by atoms with van der Waals surface area (Å²) in [4.78, 5) is 38.0. The molecule has 38 heavy (non-hydrogen) atoms. The molecule has 13 heteroatoms. The first kappa shape index (κ1) is 28.5. The molecule has 0 bridgehead atoms. The van der Waals surface area contributed by atoms with Crippen molar-refractivity contribution in [1.82, 2.24) is 0 Å². The van der Waals surface area contributed by atoms with Gasteiger partial charge in [0, 0.05) is 49.6 Å². The zero-order chi connectivity index (χ0) is 27.5. The Morgan fingerprint density at radius 2 is 1.79 bits per heavy atom. The average molecular weight is 533 g/mol. The highest BCUT2D eigenvalue weighted by atomic mass is 16.6. The summed E-state index contributed by atoms with van der Waals surface area (Å²) >= 11 is 0. The number of hydrogen-bond acceptors (Lipinski definition) is 11. The number of aliphatic hydroxyl groups is 1. The number of aliphatic hydroxyl groups excluding tert-OH is 1. The van der Waals surface area contributed by atoms with Crippen molar-refractivity contribution in [3.63, 3.8) is 0 Å². The number of nitrogens with zero attached hydrogens (tertiary/aromatic N) is 2. The number of esters is 1. The molecule has 0 unspecified atom stereocenters. The molecule has 0 radical (unpaired) electrons. The minimum Gasteiger partial charge on any atom is -0.492 e. The van der Waals surface area contributed by atoms with Crippen LogP contribution < -0.4 is 25.0 Å². The van der Waals surface area contributed by atoms with E-state index in [1.54, 1.807) is 12.1 Å². The van der Waals surface area contributed by atoms with Crippen molar-refractivity contribution < 1.29 is 38.6 Å². The Labute approximate surface area is 219 Å². The van der Waals surface area contributed by atoms with Gasteiger partial charge in [-0.25, -0.2) is 4.79 Å². The molecular weight excluding hydrogens is 500 g/mol. The van der Waals surface area contributed by atoms with Crippen molar-refractivity contribution in [2.45, 2.75) is 13.8 Å². The molecule has 1 aliphatic rings. The zero-order valence-corrected chi connectivity index (χ0v) is 21.4. The van der Waals surface area contributed by atoms with Gasteiger partial charge < -0.3 is 39.6 Å².